The number of hydrogen-bond acceptors (Lipinski definition) is 2. The highest BCUT2D eigenvalue weighted by Gasteiger charge is 2.12. The molecular formula is C14H12ClIN2O. The smallest absolute Gasteiger partial charge is 0.257 e. The number of amides is 1. The topological polar surface area (TPSA) is 55.1 Å². The van der Waals surface area contributed by atoms with Gasteiger partial charge in [-0.15, -0.1) is 0 Å². The third kappa shape index (κ3) is 3.39. The van der Waals surface area contributed by atoms with Gasteiger partial charge >= 0.3 is 0 Å². The fourth-order valence-corrected chi connectivity index (χ4v) is 2.38. The molecule has 1 amide bonds. The highest BCUT2D eigenvalue weighted by molar-refractivity contribution is 14.1. The fraction of sp³-hybridized carbons (Fsp3) is 0.0714. The van der Waals surface area contributed by atoms with E-state index < -0.39 is 0 Å². The molecule has 0 saturated heterocycles. The molecule has 0 bridgehead atoms. The second-order valence-corrected chi connectivity index (χ2v) is 5.81. The van der Waals surface area contributed by atoms with Crippen LogP contribution in [0.4, 0.5) is 11.4 Å². The van der Waals surface area contributed by atoms with Crippen LogP contribution in [0.3, 0.4) is 0 Å². The van der Waals surface area contributed by atoms with Gasteiger partial charge in [0.05, 0.1) is 10.6 Å². The van der Waals surface area contributed by atoms with Crippen LogP contribution >= 0.6 is 34.2 Å². The first kappa shape index (κ1) is 14.1. The van der Waals surface area contributed by atoms with Crippen LogP contribution in [-0.2, 0) is 0 Å². The quantitative estimate of drug-likeness (QED) is 0.603. The highest BCUT2D eigenvalue weighted by Crippen LogP contribution is 2.22. The molecule has 0 saturated carbocycles. The zero-order valence-electron chi connectivity index (χ0n) is 10.2. The van der Waals surface area contributed by atoms with Crippen molar-refractivity contribution in [2.24, 2.45) is 0 Å². The third-order valence-electron chi connectivity index (χ3n) is 2.67. The van der Waals surface area contributed by atoms with Gasteiger partial charge in [-0.2, -0.15) is 0 Å². The van der Waals surface area contributed by atoms with Gasteiger partial charge in [-0.25, -0.2) is 0 Å². The Bertz CT molecular complexity index is 643. The summed E-state index contributed by atoms with van der Waals surface area (Å²) in [5.41, 5.74) is 8.45. The first-order valence-electron chi connectivity index (χ1n) is 5.60. The van der Waals surface area contributed by atoms with Crippen LogP contribution in [0.15, 0.2) is 36.4 Å². The Balaban J connectivity index is 2.28. The predicted octanol–water partition coefficient (Wildman–Crippen LogP) is 4.09. The van der Waals surface area contributed by atoms with E-state index in [9.17, 15) is 4.79 Å². The predicted molar refractivity (Wildman–Crippen MR) is 87.7 cm³/mol. The number of nitrogens with one attached hydrogen (secondary N) is 1. The van der Waals surface area contributed by atoms with Crippen molar-refractivity contribution in [1.29, 1.82) is 0 Å². The molecule has 0 atom stereocenters. The summed E-state index contributed by atoms with van der Waals surface area (Å²) in [6, 6.07) is 10.7. The van der Waals surface area contributed by atoms with E-state index in [1.165, 1.54) is 0 Å². The number of aryl methyl sites for hydroxylation is 1. The van der Waals surface area contributed by atoms with Crippen molar-refractivity contribution in [3.05, 3.63) is 56.1 Å². The molecule has 0 aliphatic rings. The summed E-state index contributed by atoms with van der Waals surface area (Å²) in [6.45, 7) is 1.89. The van der Waals surface area contributed by atoms with Crippen LogP contribution in [0.25, 0.3) is 0 Å². The van der Waals surface area contributed by atoms with E-state index in [4.69, 9.17) is 17.3 Å². The van der Waals surface area contributed by atoms with Gasteiger partial charge in [0, 0.05) is 14.9 Å². The van der Waals surface area contributed by atoms with Gasteiger partial charge in [0.2, 0.25) is 0 Å². The van der Waals surface area contributed by atoms with Crippen LogP contribution in [0.2, 0.25) is 5.02 Å². The minimum atomic E-state index is -0.226. The van der Waals surface area contributed by atoms with E-state index in [1.807, 2.05) is 19.1 Å². The van der Waals surface area contributed by atoms with Gasteiger partial charge in [-0.3, -0.25) is 4.79 Å². The van der Waals surface area contributed by atoms with E-state index in [0.29, 0.717) is 16.3 Å². The molecule has 0 heterocycles. The lowest BCUT2D eigenvalue weighted by molar-refractivity contribution is 0.102. The largest absolute Gasteiger partial charge is 0.399 e. The van der Waals surface area contributed by atoms with Gasteiger partial charge in [0.1, 0.15) is 0 Å². The molecule has 5 heteroatoms. The SMILES string of the molecule is Cc1cc(N)ccc1NC(=O)c1cc(I)ccc1Cl. The number of halogens is 2. The van der Waals surface area contributed by atoms with Crippen LogP contribution in [-0.4, -0.2) is 5.91 Å². The summed E-state index contributed by atoms with van der Waals surface area (Å²) in [7, 11) is 0. The second kappa shape index (κ2) is 5.79. The molecule has 0 aliphatic heterocycles. The molecular weight excluding hydrogens is 375 g/mol. The fourth-order valence-electron chi connectivity index (χ4n) is 1.69. The molecule has 3 nitrogen and oxygen atoms in total. The van der Waals surface area contributed by atoms with E-state index in [-0.39, 0.29) is 5.91 Å². The maximum absolute atomic E-state index is 12.2. The lowest BCUT2D eigenvalue weighted by Gasteiger charge is -2.10. The van der Waals surface area contributed by atoms with Gasteiger partial charge in [-0.1, -0.05) is 11.6 Å². The number of carbonyl (C=O) groups excluding carboxylic acids is 1. The summed E-state index contributed by atoms with van der Waals surface area (Å²) in [6.07, 6.45) is 0. The van der Waals surface area contributed by atoms with Crippen LogP contribution in [0.5, 0.6) is 0 Å². The maximum Gasteiger partial charge on any atom is 0.257 e. The standard InChI is InChI=1S/C14H12ClIN2O/c1-8-6-10(17)3-5-13(8)18-14(19)11-7-9(16)2-4-12(11)15/h2-7H,17H2,1H3,(H,18,19). The molecule has 3 N–H and O–H groups in total. The van der Waals surface area contributed by atoms with Crippen molar-refractivity contribution >= 4 is 51.5 Å². The van der Waals surface area contributed by atoms with Crippen molar-refractivity contribution in [3.8, 4) is 0 Å². The highest BCUT2D eigenvalue weighted by atomic mass is 127. The van der Waals surface area contributed by atoms with E-state index in [0.717, 1.165) is 14.8 Å². The van der Waals surface area contributed by atoms with Crippen molar-refractivity contribution in [2.45, 2.75) is 6.92 Å². The Hall–Kier alpha value is -1.27. The normalized spacial score (nSPS) is 10.3. The van der Waals surface area contributed by atoms with E-state index in [2.05, 4.69) is 27.9 Å². The second-order valence-electron chi connectivity index (χ2n) is 4.15. The minimum Gasteiger partial charge on any atom is -0.399 e. The Labute approximate surface area is 130 Å². The van der Waals surface area contributed by atoms with Crippen molar-refractivity contribution in [1.82, 2.24) is 0 Å². The number of nitrogen functional groups attached to an aromatic ring is 1. The third-order valence-corrected chi connectivity index (χ3v) is 3.67. The average Bonchev–Trinajstić information content (AvgIpc) is 2.35. The lowest BCUT2D eigenvalue weighted by Crippen LogP contribution is -2.13. The summed E-state index contributed by atoms with van der Waals surface area (Å²) in [4.78, 5) is 12.2. The molecule has 0 radical (unpaired) electrons. The monoisotopic (exact) mass is 386 g/mol. The van der Waals surface area contributed by atoms with Gasteiger partial charge in [0.15, 0.2) is 0 Å². The van der Waals surface area contributed by atoms with Crippen LogP contribution in [0, 0.1) is 10.5 Å². The summed E-state index contributed by atoms with van der Waals surface area (Å²) >= 11 is 8.18. The molecule has 0 unspecified atom stereocenters. The number of hydrogen-bond donors (Lipinski definition) is 2. The number of anilines is 2. The van der Waals surface area contributed by atoms with Crippen LogP contribution in [0.1, 0.15) is 15.9 Å². The molecule has 2 rings (SSSR count). The summed E-state index contributed by atoms with van der Waals surface area (Å²) in [5, 5.41) is 3.28. The molecule has 2 aromatic carbocycles. The zero-order valence-corrected chi connectivity index (χ0v) is 13.1. The zero-order chi connectivity index (χ0) is 14.0. The first-order valence-corrected chi connectivity index (χ1v) is 7.05. The first-order chi connectivity index (χ1) is 8.97. The number of carbonyl (C=O) groups is 1. The Kier molecular flexibility index (Phi) is 4.31. The maximum atomic E-state index is 12.2. The number of nitrogens with two attached hydrogens (primary N) is 1. The van der Waals surface area contributed by atoms with Gasteiger partial charge < -0.3 is 11.1 Å². The Morgan fingerprint density at radius 2 is 2.00 bits per heavy atom. The van der Waals surface area contributed by atoms with E-state index in [1.54, 1.807) is 24.3 Å². The minimum absolute atomic E-state index is 0.226. The number of benzene rings is 2. The van der Waals surface area contributed by atoms with E-state index >= 15 is 0 Å². The molecule has 0 aliphatic carbocycles. The molecule has 19 heavy (non-hydrogen) atoms. The van der Waals surface area contributed by atoms with Crippen molar-refractivity contribution in [3.63, 3.8) is 0 Å². The van der Waals surface area contributed by atoms with Crippen LogP contribution < -0.4 is 11.1 Å². The molecule has 0 aromatic heterocycles. The van der Waals surface area contributed by atoms with Crippen molar-refractivity contribution in [2.75, 3.05) is 11.1 Å². The average molecular weight is 387 g/mol. The molecule has 0 spiro atoms. The summed E-state index contributed by atoms with van der Waals surface area (Å²) < 4.78 is 0.959. The lowest BCUT2D eigenvalue weighted by atomic mass is 10.1. The molecule has 2 aromatic rings. The van der Waals surface area contributed by atoms with Crippen molar-refractivity contribution < 1.29 is 4.79 Å². The van der Waals surface area contributed by atoms with Gasteiger partial charge in [0.25, 0.3) is 5.91 Å². The Morgan fingerprint density at radius 1 is 1.26 bits per heavy atom. The Morgan fingerprint density at radius 3 is 2.68 bits per heavy atom. The molecule has 98 valence electrons. The number of rotatable bonds is 2. The van der Waals surface area contributed by atoms with Gasteiger partial charge in [-0.05, 0) is 71.5 Å². The molecule has 0 fully saturated rings. The summed E-state index contributed by atoms with van der Waals surface area (Å²) in [5.74, 6) is -0.226.